The Kier molecular flexibility index (Phi) is 4.24. The molecule has 17 heavy (non-hydrogen) atoms. The minimum absolute atomic E-state index is 0.594. The van der Waals surface area contributed by atoms with Crippen molar-refractivity contribution in [3.63, 3.8) is 0 Å². The monoisotopic (exact) mass is 255 g/mol. The zero-order valence-electron chi connectivity index (χ0n) is 9.93. The highest BCUT2D eigenvalue weighted by molar-refractivity contribution is 7.99. The number of rotatable bonds is 3. The van der Waals surface area contributed by atoms with Crippen molar-refractivity contribution in [2.75, 3.05) is 31.1 Å². The number of guanidine groups is 1. The fraction of sp³-hybridized carbons (Fsp3) is 0.700. The molecule has 7 heteroatoms. The molecule has 0 aromatic carbocycles. The van der Waals surface area contributed by atoms with Crippen LogP contribution >= 0.6 is 11.8 Å². The van der Waals surface area contributed by atoms with Crippen molar-refractivity contribution in [2.45, 2.75) is 13.3 Å². The average molecular weight is 255 g/mol. The summed E-state index contributed by atoms with van der Waals surface area (Å²) >= 11 is 1.95. The fourth-order valence-electron chi connectivity index (χ4n) is 1.60. The maximum atomic E-state index is 5.92. The molecule has 1 aliphatic heterocycles. The number of nitrogens with zero attached hydrogens (tertiary/aromatic N) is 4. The van der Waals surface area contributed by atoms with Crippen molar-refractivity contribution in [3.05, 3.63) is 11.7 Å². The molecular formula is C10H17N5OS. The second kappa shape index (κ2) is 5.90. The van der Waals surface area contributed by atoms with E-state index in [-0.39, 0.29) is 0 Å². The quantitative estimate of drug-likeness (QED) is 0.617. The first-order chi connectivity index (χ1) is 8.25. The van der Waals surface area contributed by atoms with Crippen LogP contribution < -0.4 is 5.73 Å². The van der Waals surface area contributed by atoms with E-state index in [1.54, 1.807) is 6.92 Å². The molecule has 94 valence electrons. The Hall–Kier alpha value is -1.24. The topological polar surface area (TPSA) is 80.5 Å². The first-order valence-electron chi connectivity index (χ1n) is 5.67. The van der Waals surface area contributed by atoms with E-state index in [0.717, 1.165) is 24.6 Å². The lowest BCUT2D eigenvalue weighted by Crippen LogP contribution is -2.42. The Balaban J connectivity index is 1.79. The third kappa shape index (κ3) is 3.62. The molecule has 1 aliphatic rings. The fourth-order valence-corrected chi connectivity index (χ4v) is 2.50. The number of thioether (sulfide) groups is 1. The number of hydrogen-bond donors (Lipinski definition) is 1. The molecule has 0 spiro atoms. The zero-order valence-corrected chi connectivity index (χ0v) is 10.7. The van der Waals surface area contributed by atoms with Gasteiger partial charge in [-0.2, -0.15) is 16.7 Å². The van der Waals surface area contributed by atoms with Crippen LogP contribution in [0.25, 0.3) is 0 Å². The molecule has 2 rings (SSSR count). The Morgan fingerprint density at radius 1 is 1.53 bits per heavy atom. The van der Waals surface area contributed by atoms with Crippen LogP contribution in [-0.2, 0) is 6.42 Å². The van der Waals surface area contributed by atoms with Crippen LogP contribution in [0.5, 0.6) is 0 Å². The first kappa shape index (κ1) is 12.2. The molecule has 1 aromatic heterocycles. The summed E-state index contributed by atoms with van der Waals surface area (Å²) in [5.74, 6) is 4.15. The van der Waals surface area contributed by atoms with Gasteiger partial charge in [-0.3, -0.25) is 4.99 Å². The van der Waals surface area contributed by atoms with Gasteiger partial charge in [0.1, 0.15) is 0 Å². The molecule has 1 saturated heterocycles. The molecule has 0 saturated carbocycles. The van der Waals surface area contributed by atoms with Gasteiger partial charge in [0, 0.05) is 31.0 Å². The van der Waals surface area contributed by atoms with Crippen molar-refractivity contribution in [1.29, 1.82) is 0 Å². The van der Waals surface area contributed by atoms with Gasteiger partial charge in [-0.15, -0.1) is 0 Å². The summed E-state index contributed by atoms with van der Waals surface area (Å²) in [6.45, 7) is 4.37. The molecule has 0 atom stereocenters. The zero-order chi connectivity index (χ0) is 12.1. The molecule has 6 nitrogen and oxygen atoms in total. The lowest BCUT2D eigenvalue weighted by Gasteiger charge is -2.27. The molecule has 0 unspecified atom stereocenters. The van der Waals surface area contributed by atoms with Crippen molar-refractivity contribution >= 4 is 17.7 Å². The van der Waals surface area contributed by atoms with E-state index in [2.05, 4.69) is 20.0 Å². The van der Waals surface area contributed by atoms with E-state index in [1.165, 1.54) is 0 Å². The third-order valence-electron chi connectivity index (χ3n) is 2.50. The Morgan fingerprint density at radius 3 is 2.94 bits per heavy atom. The summed E-state index contributed by atoms with van der Waals surface area (Å²) in [6, 6.07) is 0. The van der Waals surface area contributed by atoms with Gasteiger partial charge in [0.25, 0.3) is 0 Å². The summed E-state index contributed by atoms with van der Waals surface area (Å²) in [5.41, 5.74) is 5.92. The summed E-state index contributed by atoms with van der Waals surface area (Å²) in [7, 11) is 0. The third-order valence-corrected chi connectivity index (χ3v) is 3.45. The Morgan fingerprint density at radius 2 is 2.29 bits per heavy atom. The van der Waals surface area contributed by atoms with Gasteiger partial charge in [-0.25, -0.2) is 0 Å². The van der Waals surface area contributed by atoms with Crippen molar-refractivity contribution in [3.8, 4) is 0 Å². The molecule has 0 aliphatic carbocycles. The van der Waals surface area contributed by atoms with Crippen molar-refractivity contribution < 1.29 is 4.52 Å². The molecule has 2 N–H and O–H groups in total. The molecule has 1 aromatic rings. The molecule has 0 radical (unpaired) electrons. The van der Waals surface area contributed by atoms with Gasteiger partial charge in [-0.05, 0) is 6.92 Å². The molecule has 2 heterocycles. The van der Waals surface area contributed by atoms with Gasteiger partial charge in [-0.1, -0.05) is 5.16 Å². The molecule has 1 fully saturated rings. The highest BCUT2D eigenvalue weighted by Crippen LogP contribution is 2.08. The minimum atomic E-state index is 0.594. The summed E-state index contributed by atoms with van der Waals surface area (Å²) < 4.78 is 5.00. The van der Waals surface area contributed by atoms with Crippen LogP contribution in [0.4, 0.5) is 0 Å². The van der Waals surface area contributed by atoms with Crippen LogP contribution in [0, 0.1) is 6.92 Å². The smallest absolute Gasteiger partial charge is 0.228 e. The van der Waals surface area contributed by atoms with Gasteiger partial charge < -0.3 is 15.2 Å². The van der Waals surface area contributed by atoms with E-state index in [0.29, 0.717) is 30.6 Å². The summed E-state index contributed by atoms with van der Waals surface area (Å²) in [5, 5.41) is 3.73. The standard InChI is InChI=1S/C10H17N5OS/c1-8-13-9(16-14-8)2-3-12-10(11)15-4-6-17-7-5-15/h2-7H2,1H3,(H2,11,12). The van der Waals surface area contributed by atoms with E-state index in [9.17, 15) is 0 Å². The maximum Gasteiger partial charge on any atom is 0.228 e. The second-order valence-corrected chi connectivity index (χ2v) is 5.05. The lowest BCUT2D eigenvalue weighted by molar-refractivity contribution is 0.375. The highest BCUT2D eigenvalue weighted by Gasteiger charge is 2.11. The first-order valence-corrected chi connectivity index (χ1v) is 6.83. The Labute approximate surface area is 105 Å². The minimum Gasteiger partial charge on any atom is -0.370 e. The van der Waals surface area contributed by atoms with Crippen LogP contribution in [-0.4, -0.2) is 52.1 Å². The van der Waals surface area contributed by atoms with E-state index >= 15 is 0 Å². The second-order valence-electron chi connectivity index (χ2n) is 3.82. The SMILES string of the molecule is Cc1noc(CCN=C(N)N2CCSCC2)n1. The number of hydrogen-bond acceptors (Lipinski definition) is 5. The normalized spacial score (nSPS) is 17.5. The largest absolute Gasteiger partial charge is 0.370 e. The number of aryl methyl sites for hydroxylation is 1. The van der Waals surface area contributed by atoms with Crippen LogP contribution in [0.1, 0.15) is 11.7 Å². The van der Waals surface area contributed by atoms with Crippen molar-refractivity contribution in [2.24, 2.45) is 10.7 Å². The average Bonchev–Trinajstić information content (AvgIpc) is 2.76. The van der Waals surface area contributed by atoms with E-state index < -0.39 is 0 Å². The van der Waals surface area contributed by atoms with E-state index in [4.69, 9.17) is 10.3 Å². The highest BCUT2D eigenvalue weighted by atomic mass is 32.2. The van der Waals surface area contributed by atoms with Crippen LogP contribution in [0.15, 0.2) is 9.52 Å². The predicted molar refractivity (Wildman–Crippen MR) is 68.1 cm³/mol. The molecule has 0 bridgehead atoms. The molecule has 0 amide bonds. The number of nitrogens with two attached hydrogens (primary N) is 1. The van der Waals surface area contributed by atoms with Gasteiger partial charge in [0.2, 0.25) is 5.89 Å². The number of aliphatic imine (C=N–C) groups is 1. The Bertz CT molecular complexity index is 386. The molecular weight excluding hydrogens is 238 g/mol. The summed E-state index contributed by atoms with van der Waals surface area (Å²) in [4.78, 5) is 10.6. The lowest BCUT2D eigenvalue weighted by atomic mass is 10.4. The van der Waals surface area contributed by atoms with Gasteiger partial charge in [0.05, 0.1) is 6.54 Å². The van der Waals surface area contributed by atoms with Crippen molar-refractivity contribution in [1.82, 2.24) is 15.0 Å². The van der Waals surface area contributed by atoms with E-state index in [1.807, 2.05) is 11.8 Å². The van der Waals surface area contributed by atoms with Gasteiger partial charge >= 0.3 is 0 Å². The number of aromatic nitrogens is 2. The van der Waals surface area contributed by atoms with Crippen LogP contribution in [0.3, 0.4) is 0 Å². The van der Waals surface area contributed by atoms with Gasteiger partial charge in [0.15, 0.2) is 11.8 Å². The maximum absolute atomic E-state index is 5.92. The predicted octanol–water partition coefficient (Wildman–Crippen LogP) is 0.284. The van der Waals surface area contributed by atoms with Crippen LogP contribution in [0.2, 0.25) is 0 Å². The summed E-state index contributed by atoms with van der Waals surface area (Å²) in [6.07, 6.45) is 0.643.